The summed E-state index contributed by atoms with van der Waals surface area (Å²) in [5.41, 5.74) is 6.29. The van der Waals surface area contributed by atoms with E-state index in [0.717, 1.165) is 6.42 Å². The van der Waals surface area contributed by atoms with Crippen molar-refractivity contribution in [3.8, 4) is 0 Å². The Kier molecular flexibility index (Phi) is 4.09. The summed E-state index contributed by atoms with van der Waals surface area (Å²) in [6.45, 7) is 4.59. The van der Waals surface area contributed by atoms with Gasteiger partial charge in [-0.15, -0.1) is 0 Å². The molecule has 82 valence electrons. The fourth-order valence-electron chi connectivity index (χ4n) is 0.987. The summed E-state index contributed by atoms with van der Waals surface area (Å²) in [5.74, 6) is 0.132. The highest BCUT2D eigenvalue weighted by molar-refractivity contribution is 5.87. The normalized spacial score (nSPS) is 10.3. The lowest BCUT2D eigenvalue weighted by Gasteiger charge is -2.06. The van der Waals surface area contributed by atoms with Crippen LogP contribution in [0.25, 0.3) is 0 Å². The molecule has 1 heterocycles. The molecule has 0 unspecified atom stereocenters. The molecule has 0 fully saturated rings. The van der Waals surface area contributed by atoms with Crippen LogP contribution < -0.4 is 5.73 Å². The van der Waals surface area contributed by atoms with E-state index in [-0.39, 0.29) is 0 Å². The number of anilines is 1. The van der Waals surface area contributed by atoms with Gasteiger partial charge >= 0.3 is 5.97 Å². The van der Waals surface area contributed by atoms with Crippen molar-refractivity contribution in [2.45, 2.75) is 20.3 Å². The van der Waals surface area contributed by atoms with Crippen molar-refractivity contribution in [2.24, 2.45) is 5.92 Å². The third-order valence-electron chi connectivity index (χ3n) is 1.92. The van der Waals surface area contributed by atoms with Crippen LogP contribution >= 0.6 is 0 Å². The first kappa shape index (κ1) is 11.5. The van der Waals surface area contributed by atoms with Crippen LogP contribution in [0.2, 0.25) is 0 Å². The number of hydrogen-bond donors (Lipinski definition) is 1. The number of ether oxygens (including phenoxy) is 1. The topological polar surface area (TPSA) is 65.2 Å². The van der Waals surface area contributed by atoms with E-state index < -0.39 is 5.97 Å². The van der Waals surface area contributed by atoms with Gasteiger partial charge in [-0.2, -0.15) is 0 Å². The second kappa shape index (κ2) is 5.34. The second-order valence-corrected chi connectivity index (χ2v) is 3.80. The average Bonchev–Trinajstić information content (AvgIpc) is 2.18. The summed E-state index contributed by atoms with van der Waals surface area (Å²) in [7, 11) is 0. The third-order valence-corrected chi connectivity index (χ3v) is 1.92. The molecule has 0 aliphatic rings. The van der Waals surface area contributed by atoms with Crippen molar-refractivity contribution >= 4 is 11.7 Å². The fourth-order valence-corrected chi connectivity index (χ4v) is 0.987. The molecule has 0 atom stereocenters. The molecule has 0 saturated heterocycles. The van der Waals surface area contributed by atoms with Crippen molar-refractivity contribution in [1.82, 2.24) is 4.98 Å². The molecule has 0 spiro atoms. The van der Waals surface area contributed by atoms with E-state index in [9.17, 15) is 4.79 Å². The van der Waals surface area contributed by atoms with Gasteiger partial charge in [0, 0.05) is 0 Å². The molecule has 1 aromatic heterocycles. The van der Waals surface area contributed by atoms with Crippen molar-refractivity contribution < 1.29 is 9.53 Å². The maximum Gasteiger partial charge on any atom is 0.356 e. The number of pyridine rings is 1. The molecule has 0 amide bonds. The Labute approximate surface area is 89.5 Å². The lowest BCUT2D eigenvalue weighted by molar-refractivity contribution is 0.0481. The first-order valence-corrected chi connectivity index (χ1v) is 4.98. The zero-order chi connectivity index (χ0) is 11.3. The molecular weight excluding hydrogens is 192 g/mol. The maximum absolute atomic E-state index is 11.4. The van der Waals surface area contributed by atoms with Crippen LogP contribution in [0.1, 0.15) is 30.8 Å². The number of nitrogens with two attached hydrogens (primary N) is 1. The van der Waals surface area contributed by atoms with Crippen LogP contribution in [0, 0.1) is 5.92 Å². The first-order valence-electron chi connectivity index (χ1n) is 4.98. The van der Waals surface area contributed by atoms with Gasteiger partial charge in [0.05, 0.1) is 18.5 Å². The summed E-state index contributed by atoms with van der Waals surface area (Å²) in [6.07, 6.45) is 2.31. The van der Waals surface area contributed by atoms with E-state index in [1.54, 1.807) is 12.1 Å². The molecule has 0 radical (unpaired) electrons. The summed E-state index contributed by atoms with van der Waals surface area (Å²) < 4.78 is 5.04. The summed E-state index contributed by atoms with van der Waals surface area (Å²) in [5, 5.41) is 0. The molecule has 0 bridgehead atoms. The Bertz CT molecular complexity index is 320. The highest BCUT2D eigenvalue weighted by atomic mass is 16.5. The van der Waals surface area contributed by atoms with Gasteiger partial charge < -0.3 is 10.5 Å². The van der Waals surface area contributed by atoms with Crippen LogP contribution in [-0.2, 0) is 4.74 Å². The van der Waals surface area contributed by atoms with Gasteiger partial charge in [0.25, 0.3) is 0 Å². The number of nitrogen functional groups attached to an aromatic ring is 1. The number of hydrogen-bond acceptors (Lipinski definition) is 4. The highest BCUT2D eigenvalue weighted by Crippen LogP contribution is 2.04. The van der Waals surface area contributed by atoms with Crippen LogP contribution in [0.5, 0.6) is 0 Å². The van der Waals surface area contributed by atoms with E-state index in [2.05, 4.69) is 18.8 Å². The average molecular weight is 208 g/mol. The molecule has 1 aromatic rings. The number of carbonyl (C=O) groups excluding carboxylic acids is 1. The Hall–Kier alpha value is -1.58. The third kappa shape index (κ3) is 3.97. The predicted octanol–water partition coefficient (Wildman–Crippen LogP) is 1.87. The molecule has 0 aromatic carbocycles. The molecule has 0 aliphatic heterocycles. The lowest BCUT2D eigenvalue weighted by atomic mass is 10.1. The van der Waals surface area contributed by atoms with Gasteiger partial charge in [-0.25, -0.2) is 9.78 Å². The van der Waals surface area contributed by atoms with Gasteiger partial charge in [-0.3, -0.25) is 0 Å². The Balaban J connectivity index is 2.43. The van der Waals surface area contributed by atoms with Gasteiger partial charge in [0.2, 0.25) is 0 Å². The van der Waals surface area contributed by atoms with Gasteiger partial charge in [0.1, 0.15) is 5.69 Å². The molecule has 4 heteroatoms. The number of nitrogens with zero attached hydrogens (tertiary/aromatic N) is 1. The van der Waals surface area contributed by atoms with Crippen LogP contribution in [0.3, 0.4) is 0 Å². The van der Waals surface area contributed by atoms with Gasteiger partial charge in [-0.1, -0.05) is 13.8 Å². The minimum absolute atomic E-state index is 0.299. The minimum Gasteiger partial charge on any atom is -0.461 e. The highest BCUT2D eigenvalue weighted by Gasteiger charge is 2.08. The van der Waals surface area contributed by atoms with E-state index in [1.807, 2.05) is 0 Å². The van der Waals surface area contributed by atoms with Gasteiger partial charge in [0.15, 0.2) is 0 Å². The van der Waals surface area contributed by atoms with Crippen molar-refractivity contribution in [3.05, 3.63) is 24.0 Å². The molecular formula is C11H16N2O2. The standard InChI is InChI=1S/C11H16N2O2/c1-8(2)5-6-15-11(14)10-4-3-9(12)7-13-10/h3-4,7-8H,5-6,12H2,1-2H3. The molecule has 15 heavy (non-hydrogen) atoms. The van der Waals surface area contributed by atoms with Gasteiger partial charge in [-0.05, 0) is 24.5 Å². The quantitative estimate of drug-likeness (QED) is 0.767. The summed E-state index contributed by atoms with van der Waals surface area (Å²) >= 11 is 0. The van der Waals surface area contributed by atoms with Crippen LogP contribution in [0.4, 0.5) is 5.69 Å². The van der Waals surface area contributed by atoms with E-state index in [0.29, 0.717) is 23.9 Å². The largest absolute Gasteiger partial charge is 0.461 e. The van der Waals surface area contributed by atoms with Crippen molar-refractivity contribution in [3.63, 3.8) is 0 Å². The first-order chi connectivity index (χ1) is 7.09. The molecule has 0 aliphatic carbocycles. The molecule has 2 N–H and O–H groups in total. The van der Waals surface area contributed by atoms with E-state index in [1.165, 1.54) is 6.20 Å². The second-order valence-electron chi connectivity index (χ2n) is 3.80. The smallest absolute Gasteiger partial charge is 0.356 e. The number of aromatic nitrogens is 1. The van der Waals surface area contributed by atoms with E-state index >= 15 is 0 Å². The van der Waals surface area contributed by atoms with Crippen LogP contribution in [0.15, 0.2) is 18.3 Å². The fraction of sp³-hybridized carbons (Fsp3) is 0.455. The molecule has 0 saturated carbocycles. The monoisotopic (exact) mass is 208 g/mol. The SMILES string of the molecule is CC(C)CCOC(=O)c1ccc(N)cn1. The Morgan fingerprint density at radius 1 is 1.53 bits per heavy atom. The van der Waals surface area contributed by atoms with Crippen molar-refractivity contribution in [1.29, 1.82) is 0 Å². The predicted molar refractivity (Wildman–Crippen MR) is 58.4 cm³/mol. The zero-order valence-corrected chi connectivity index (χ0v) is 9.06. The number of carbonyl (C=O) groups is 1. The maximum atomic E-state index is 11.4. The minimum atomic E-state index is -0.393. The van der Waals surface area contributed by atoms with E-state index in [4.69, 9.17) is 10.5 Å². The Morgan fingerprint density at radius 3 is 2.80 bits per heavy atom. The Morgan fingerprint density at radius 2 is 2.27 bits per heavy atom. The molecule has 1 rings (SSSR count). The summed E-state index contributed by atoms with van der Waals surface area (Å²) in [6, 6.07) is 3.19. The van der Waals surface area contributed by atoms with Crippen molar-refractivity contribution in [2.75, 3.05) is 12.3 Å². The van der Waals surface area contributed by atoms with Crippen LogP contribution in [-0.4, -0.2) is 17.6 Å². The number of rotatable bonds is 4. The molecule has 4 nitrogen and oxygen atoms in total. The zero-order valence-electron chi connectivity index (χ0n) is 9.06. The lowest BCUT2D eigenvalue weighted by Crippen LogP contribution is -2.09. The number of esters is 1. The summed E-state index contributed by atoms with van der Waals surface area (Å²) in [4.78, 5) is 15.3.